The van der Waals surface area contributed by atoms with Crippen molar-refractivity contribution in [2.24, 2.45) is 5.41 Å². The highest BCUT2D eigenvalue weighted by Crippen LogP contribution is 2.61. The maximum absolute atomic E-state index is 5.83. The Labute approximate surface area is 93.6 Å². The standard InChI is InChI=1S/C5H8Br2ClOPS/c6-1-5(2-7)3-9-10(8)11-4-5/h1-4H2. The first-order valence-electron chi connectivity index (χ1n) is 3.06. The van der Waals surface area contributed by atoms with Gasteiger partial charge in [-0.1, -0.05) is 54.5 Å². The largest absolute Gasteiger partial charge is 0.335 e. The van der Waals surface area contributed by atoms with Gasteiger partial charge in [-0.25, -0.2) is 0 Å². The molecule has 1 aliphatic heterocycles. The Hall–Kier alpha value is 1.99. The molecule has 11 heavy (non-hydrogen) atoms. The minimum atomic E-state index is -0.714. The van der Waals surface area contributed by atoms with E-state index in [2.05, 4.69) is 31.9 Å². The molecule has 6 heteroatoms. The third-order valence-electron chi connectivity index (χ3n) is 1.51. The molecule has 0 aromatic carbocycles. The van der Waals surface area contributed by atoms with Crippen LogP contribution in [-0.4, -0.2) is 23.0 Å². The van der Waals surface area contributed by atoms with E-state index in [1.54, 1.807) is 11.4 Å². The number of halogens is 3. The van der Waals surface area contributed by atoms with E-state index in [0.29, 0.717) is 0 Å². The Morgan fingerprint density at radius 2 is 2.18 bits per heavy atom. The highest BCUT2D eigenvalue weighted by atomic mass is 79.9. The van der Waals surface area contributed by atoms with Crippen LogP contribution in [0.25, 0.3) is 0 Å². The fourth-order valence-corrected chi connectivity index (χ4v) is 6.02. The average Bonchev–Trinajstić information content (AvgIpc) is 2.07. The van der Waals surface area contributed by atoms with Gasteiger partial charge in [-0.3, -0.25) is 0 Å². The summed E-state index contributed by atoms with van der Waals surface area (Å²) in [5.41, 5.74) is 0.248. The summed E-state index contributed by atoms with van der Waals surface area (Å²) in [5.74, 6) is 1.08. The van der Waals surface area contributed by atoms with Gasteiger partial charge in [0.15, 0.2) is 6.70 Å². The van der Waals surface area contributed by atoms with Crippen LogP contribution >= 0.6 is 61.2 Å². The third kappa shape index (κ3) is 2.99. The van der Waals surface area contributed by atoms with Crippen molar-refractivity contribution in [2.45, 2.75) is 0 Å². The average molecular weight is 342 g/mol. The van der Waals surface area contributed by atoms with Crippen LogP contribution in [0.5, 0.6) is 0 Å². The van der Waals surface area contributed by atoms with Crippen LogP contribution in [0.4, 0.5) is 0 Å². The Bertz CT molecular complexity index is 126. The van der Waals surface area contributed by atoms with Crippen LogP contribution < -0.4 is 0 Å². The summed E-state index contributed by atoms with van der Waals surface area (Å²) in [6, 6.07) is 0. The summed E-state index contributed by atoms with van der Waals surface area (Å²) in [4.78, 5) is 0. The predicted molar refractivity (Wildman–Crippen MR) is 61.2 cm³/mol. The van der Waals surface area contributed by atoms with Crippen molar-refractivity contribution in [3.63, 3.8) is 0 Å². The van der Waals surface area contributed by atoms with Crippen LogP contribution in [0.1, 0.15) is 0 Å². The fourth-order valence-electron chi connectivity index (χ4n) is 0.644. The van der Waals surface area contributed by atoms with Gasteiger partial charge in [0.1, 0.15) is 0 Å². The number of rotatable bonds is 2. The molecule has 66 valence electrons. The molecular weight excluding hydrogens is 334 g/mol. The van der Waals surface area contributed by atoms with E-state index in [1.165, 1.54) is 0 Å². The quantitative estimate of drug-likeness (QED) is 0.554. The molecule has 0 N–H and O–H groups in total. The van der Waals surface area contributed by atoms with Gasteiger partial charge in [0.05, 0.1) is 6.61 Å². The Balaban J connectivity index is 2.45. The van der Waals surface area contributed by atoms with Crippen LogP contribution in [0, 0.1) is 5.41 Å². The molecule has 0 bridgehead atoms. The zero-order chi connectivity index (χ0) is 8.32. The van der Waals surface area contributed by atoms with Crippen molar-refractivity contribution in [3.8, 4) is 0 Å². The molecule has 1 aliphatic rings. The minimum absolute atomic E-state index is 0.248. The van der Waals surface area contributed by atoms with E-state index in [4.69, 9.17) is 15.8 Å². The second-order valence-electron chi connectivity index (χ2n) is 2.53. The number of alkyl halides is 2. The van der Waals surface area contributed by atoms with Gasteiger partial charge in [-0.2, -0.15) is 0 Å². The summed E-state index contributed by atoms with van der Waals surface area (Å²) in [7, 11) is 0. The van der Waals surface area contributed by atoms with E-state index >= 15 is 0 Å². The minimum Gasteiger partial charge on any atom is -0.335 e. The monoisotopic (exact) mass is 340 g/mol. The molecule has 0 aromatic rings. The van der Waals surface area contributed by atoms with Gasteiger partial charge in [-0.15, -0.1) is 0 Å². The van der Waals surface area contributed by atoms with Crippen molar-refractivity contribution in [2.75, 3.05) is 23.0 Å². The Morgan fingerprint density at radius 3 is 2.55 bits per heavy atom. The molecule has 1 rings (SSSR count). The predicted octanol–water partition coefficient (Wildman–Crippen LogP) is 3.99. The molecule has 1 unspecified atom stereocenters. The molecule has 1 nitrogen and oxygen atoms in total. The van der Waals surface area contributed by atoms with E-state index < -0.39 is 6.70 Å². The highest BCUT2D eigenvalue weighted by molar-refractivity contribution is 9.09. The first-order chi connectivity index (χ1) is 5.22. The van der Waals surface area contributed by atoms with E-state index in [9.17, 15) is 0 Å². The van der Waals surface area contributed by atoms with Crippen molar-refractivity contribution in [1.29, 1.82) is 0 Å². The van der Waals surface area contributed by atoms with E-state index in [0.717, 1.165) is 23.0 Å². The lowest BCUT2D eigenvalue weighted by molar-refractivity contribution is 0.234. The number of hydrogen-bond acceptors (Lipinski definition) is 2. The third-order valence-corrected chi connectivity index (χ3v) is 7.65. The van der Waals surface area contributed by atoms with Gasteiger partial charge in [-0.05, 0) is 0 Å². The van der Waals surface area contributed by atoms with Crippen molar-refractivity contribution < 1.29 is 4.52 Å². The second kappa shape index (κ2) is 5.02. The summed E-state index contributed by atoms with van der Waals surface area (Å²) in [5, 5.41) is 1.94. The fraction of sp³-hybridized carbons (Fsp3) is 1.00. The molecule has 1 heterocycles. The lowest BCUT2D eigenvalue weighted by Crippen LogP contribution is -2.34. The van der Waals surface area contributed by atoms with Gasteiger partial charge >= 0.3 is 0 Å². The topological polar surface area (TPSA) is 9.23 Å². The zero-order valence-electron chi connectivity index (χ0n) is 5.73. The van der Waals surface area contributed by atoms with Crippen LogP contribution in [0.3, 0.4) is 0 Å². The van der Waals surface area contributed by atoms with E-state index in [1.807, 2.05) is 0 Å². The molecule has 0 spiro atoms. The lowest BCUT2D eigenvalue weighted by atomic mass is 9.98. The van der Waals surface area contributed by atoms with Gasteiger partial charge in [0.2, 0.25) is 0 Å². The first kappa shape index (κ1) is 11.1. The molecule has 1 saturated heterocycles. The number of hydrogen-bond donors (Lipinski definition) is 0. The Morgan fingerprint density at radius 1 is 1.55 bits per heavy atom. The lowest BCUT2D eigenvalue weighted by Gasteiger charge is -2.34. The summed E-state index contributed by atoms with van der Waals surface area (Å²) < 4.78 is 5.41. The smallest absolute Gasteiger partial charge is 0.188 e. The van der Waals surface area contributed by atoms with Crippen molar-refractivity contribution in [3.05, 3.63) is 0 Å². The molecular formula is C5H8Br2ClOPS. The van der Waals surface area contributed by atoms with Crippen molar-refractivity contribution >= 4 is 61.2 Å². The second-order valence-corrected chi connectivity index (χ2v) is 8.17. The summed E-state index contributed by atoms with van der Waals surface area (Å²) in [6.07, 6.45) is 0. The normalized spacial score (nSPS) is 30.3. The van der Waals surface area contributed by atoms with Gasteiger partial charge in [0, 0.05) is 21.8 Å². The van der Waals surface area contributed by atoms with Crippen LogP contribution in [0.15, 0.2) is 0 Å². The first-order valence-corrected chi connectivity index (χ1v) is 9.06. The molecule has 0 aromatic heterocycles. The van der Waals surface area contributed by atoms with Gasteiger partial charge in [0.25, 0.3) is 0 Å². The summed E-state index contributed by atoms with van der Waals surface area (Å²) >= 11 is 14.5. The molecule has 0 saturated carbocycles. The van der Waals surface area contributed by atoms with Crippen LogP contribution in [-0.2, 0) is 4.52 Å². The maximum Gasteiger partial charge on any atom is 0.188 e. The highest BCUT2D eigenvalue weighted by Gasteiger charge is 2.34. The molecule has 1 fully saturated rings. The molecule has 1 atom stereocenters. The SMILES string of the molecule is ClP1OCC(CBr)(CBr)CS1. The zero-order valence-corrected chi connectivity index (χ0v) is 11.4. The van der Waals surface area contributed by atoms with Crippen LogP contribution in [0.2, 0.25) is 0 Å². The maximum atomic E-state index is 5.83. The van der Waals surface area contributed by atoms with Gasteiger partial charge < -0.3 is 4.52 Å². The Kier molecular flexibility index (Phi) is 5.05. The van der Waals surface area contributed by atoms with E-state index in [-0.39, 0.29) is 5.41 Å². The summed E-state index contributed by atoms with van der Waals surface area (Å²) in [6.45, 7) is 0.0552. The molecule has 0 amide bonds. The van der Waals surface area contributed by atoms with Crippen molar-refractivity contribution in [1.82, 2.24) is 0 Å². The molecule has 0 radical (unpaired) electrons. The molecule has 0 aliphatic carbocycles.